The molecule has 0 amide bonds. The molecule has 1 aliphatic carbocycles. The number of ether oxygens (including phenoxy) is 1. The van der Waals surface area contributed by atoms with Crippen molar-refractivity contribution in [1.29, 1.82) is 0 Å². The molecular formula is C20H33NO2. The topological polar surface area (TPSA) is 55.5 Å². The summed E-state index contributed by atoms with van der Waals surface area (Å²) in [5.74, 6) is 0.873. The van der Waals surface area contributed by atoms with Gasteiger partial charge in [-0.05, 0) is 49.9 Å². The van der Waals surface area contributed by atoms with Gasteiger partial charge in [0.25, 0.3) is 0 Å². The molecule has 0 heterocycles. The summed E-state index contributed by atoms with van der Waals surface area (Å²) in [5.41, 5.74) is 6.78. The van der Waals surface area contributed by atoms with E-state index in [0.29, 0.717) is 18.4 Å². The Balaban J connectivity index is 2.01. The van der Waals surface area contributed by atoms with Crippen LogP contribution in [0, 0.1) is 5.41 Å². The van der Waals surface area contributed by atoms with Gasteiger partial charge in [-0.1, -0.05) is 51.2 Å². The largest absolute Gasteiger partial charge is 0.493 e. The average molecular weight is 319 g/mol. The zero-order valence-corrected chi connectivity index (χ0v) is 14.6. The maximum absolute atomic E-state index is 10.1. The Labute approximate surface area is 141 Å². The molecule has 23 heavy (non-hydrogen) atoms. The number of hydrogen-bond acceptors (Lipinski definition) is 3. The molecule has 1 atom stereocenters. The fourth-order valence-corrected chi connectivity index (χ4v) is 3.85. The predicted octanol–water partition coefficient (Wildman–Crippen LogP) is 4.59. The van der Waals surface area contributed by atoms with Crippen molar-refractivity contribution < 1.29 is 9.84 Å². The first-order valence-electron chi connectivity index (χ1n) is 9.30. The summed E-state index contributed by atoms with van der Waals surface area (Å²) < 4.78 is 6.18. The van der Waals surface area contributed by atoms with Crippen LogP contribution >= 0.6 is 0 Å². The molecule has 1 aromatic carbocycles. The van der Waals surface area contributed by atoms with Crippen molar-refractivity contribution in [2.45, 2.75) is 70.8 Å². The number of benzene rings is 1. The lowest BCUT2D eigenvalue weighted by molar-refractivity contribution is 0.112. The number of rotatable bonds is 8. The molecule has 1 saturated carbocycles. The molecule has 3 heteroatoms. The molecule has 3 N–H and O–H groups in total. The molecule has 1 unspecified atom stereocenters. The minimum absolute atomic E-state index is 0.344. The van der Waals surface area contributed by atoms with Crippen LogP contribution < -0.4 is 10.5 Å². The highest BCUT2D eigenvalue weighted by Crippen LogP contribution is 2.39. The minimum atomic E-state index is -0.494. The van der Waals surface area contributed by atoms with Crippen LogP contribution in [0.1, 0.15) is 76.4 Å². The SMILES string of the molecule is CCCC1(COc2cccc(C(O)CCN)c2)CCCCCC1. The van der Waals surface area contributed by atoms with Gasteiger partial charge < -0.3 is 15.6 Å². The van der Waals surface area contributed by atoms with Gasteiger partial charge in [0.2, 0.25) is 0 Å². The standard InChI is InChI=1S/C20H33NO2/c1-2-11-20(12-5-3-4-6-13-20)16-23-18-9-7-8-17(15-18)19(22)10-14-21/h7-9,15,19,22H,2-6,10-14,16,21H2,1H3. The van der Waals surface area contributed by atoms with Crippen molar-refractivity contribution in [2.75, 3.05) is 13.2 Å². The summed E-state index contributed by atoms with van der Waals surface area (Å²) in [6, 6.07) is 7.87. The third-order valence-corrected chi connectivity index (χ3v) is 5.17. The normalized spacial score (nSPS) is 19.1. The first-order valence-corrected chi connectivity index (χ1v) is 9.30. The minimum Gasteiger partial charge on any atom is -0.493 e. The molecule has 1 aliphatic rings. The molecule has 1 fully saturated rings. The van der Waals surface area contributed by atoms with Gasteiger partial charge in [0.15, 0.2) is 0 Å². The highest BCUT2D eigenvalue weighted by molar-refractivity contribution is 5.30. The van der Waals surface area contributed by atoms with E-state index in [1.807, 2.05) is 24.3 Å². The molecule has 1 aromatic rings. The van der Waals surface area contributed by atoms with Crippen molar-refractivity contribution in [3.8, 4) is 5.75 Å². The van der Waals surface area contributed by atoms with E-state index in [9.17, 15) is 5.11 Å². The lowest BCUT2D eigenvalue weighted by Crippen LogP contribution is -2.28. The Hall–Kier alpha value is -1.06. The highest BCUT2D eigenvalue weighted by Gasteiger charge is 2.31. The highest BCUT2D eigenvalue weighted by atomic mass is 16.5. The third-order valence-electron chi connectivity index (χ3n) is 5.17. The summed E-state index contributed by atoms with van der Waals surface area (Å²) >= 11 is 0. The van der Waals surface area contributed by atoms with Gasteiger partial charge in [-0.2, -0.15) is 0 Å². The lowest BCUT2D eigenvalue weighted by Gasteiger charge is -2.32. The van der Waals surface area contributed by atoms with Crippen LogP contribution in [0.3, 0.4) is 0 Å². The third kappa shape index (κ3) is 5.50. The van der Waals surface area contributed by atoms with Crippen molar-refractivity contribution in [1.82, 2.24) is 0 Å². The van der Waals surface area contributed by atoms with Crippen LogP contribution in [-0.2, 0) is 0 Å². The molecule has 0 aromatic heterocycles. The summed E-state index contributed by atoms with van der Waals surface area (Å²) in [6.45, 7) is 3.57. The number of hydrogen-bond donors (Lipinski definition) is 2. The Morgan fingerprint density at radius 1 is 1.22 bits per heavy atom. The number of aliphatic hydroxyl groups excluding tert-OH is 1. The fraction of sp³-hybridized carbons (Fsp3) is 0.700. The lowest BCUT2D eigenvalue weighted by atomic mass is 9.77. The molecule has 0 aliphatic heterocycles. The van der Waals surface area contributed by atoms with E-state index in [-0.39, 0.29) is 0 Å². The van der Waals surface area contributed by atoms with Crippen molar-refractivity contribution in [2.24, 2.45) is 11.1 Å². The second-order valence-corrected chi connectivity index (χ2v) is 7.12. The maximum Gasteiger partial charge on any atom is 0.119 e. The van der Waals surface area contributed by atoms with Gasteiger partial charge in [-0.3, -0.25) is 0 Å². The zero-order chi connectivity index (χ0) is 16.5. The summed E-state index contributed by atoms with van der Waals surface area (Å²) in [7, 11) is 0. The van der Waals surface area contributed by atoms with Gasteiger partial charge in [0.05, 0.1) is 12.7 Å². The van der Waals surface area contributed by atoms with Gasteiger partial charge >= 0.3 is 0 Å². The van der Waals surface area contributed by atoms with E-state index in [2.05, 4.69) is 6.92 Å². The van der Waals surface area contributed by atoms with Gasteiger partial charge in [-0.15, -0.1) is 0 Å². The monoisotopic (exact) mass is 319 g/mol. The van der Waals surface area contributed by atoms with Gasteiger partial charge in [-0.25, -0.2) is 0 Å². The fourth-order valence-electron chi connectivity index (χ4n) is 3.85. The average Bonchev–Trinajstić information content (AvgIpc) is 2.80. The summed E-state index contributed by atoms with van der Waals surface area (Å²) in [5, 5.41) is 10.1. The van der Waals surface area contributed by atoms with Crippen molar-refractivity contribution in [3.63, 3.8) is 0 Å². The molecule has 2 rings (SSSR count). The quantitative estimate of drug-likeness (QED) is 0.689. The van der Waals surface area contributed by atoms with Crippen molar-refractivity contribution in [3.05, 3.63) is 29.8 Å². The van der Waals surface area contributed by atoms with Crippen LogP contribution in [0.25, 0.3) is 0 Å². The van der Waals surface area contributed by atoms with Crippen LogP contribution in [-0.4, -0.2) is 18.3 Å². The van der Waals surface area contributed by atoms with E-state index >= 15 is 0 Å². The Morgan fingerprint density at radius 3 is 2.61 bits per heavy atom. The summed E-state index contributed by atoms with van der Waals surface area (Å²) in [6.07, 6.45) is 10.5. The van der Waals surface area contributed by atoms with Gasteiger partial charge in [0, 0.05) is 5.41 Å². The number of nitrogens with two attached hydrogens (primary N) is 1. The van der Waals surface area contributed by atoms with Crippen LogP contribution in [0.2, 0.25) is 0 Å². The Kier molecular flexibility index (Phi) is 7.38. The Bertz CT molecular complexity index is 453. The van der Waals surface area contributed by atoms with Gasteiger partial charge in [0.1, 0.15) is 5.75 Å². The van der Waals surface area contributed by atoms with Crippen LogP contribution in [0.5, 0.6) is 5.75 Å². The maximum atomic E-state index is 10.1. The van der Waals surface area contributed by atoms with E-state index in [1.54, 1.807) is 0 Å². The van der Waals surface area contributed by atoms with E-state index in [4.69, 9.17) is 10.5 Å². The van der Waals surface area contributed by atoms with E-state index < -0.39 is 6.10 Å². The first-order chi connectivity index (χ1) is 11.2. The molecule has 0 radical (unpaired) electrons. The second-order valence-electron chi connectivity index (χ2n) is 7.12. The molecule has 130 valence electrons. The zero-order valence-electron chi connectivity index (χ0n) is 14.6. The molecule has 0 saturated heterocycles. The second kappa shape index (κ2) is 9.29. The molecular weight excluding hydrogens is 286 g/mol. The van der Waals surface area contributed by atoms with Crippen molar-refractivity contribution >= 4 is 0 Å². The van der Waals surface area contributed by atoms with E-state index in [1.165, 1.54) is 51.4 Å². The Morgan fingerprint density at radius 2 is 1.96 bits per heavy atom. The molecule has 0 spiro atoms. The summed E-state index contributed by atoms with van der Waals surface area (Å²) in [4.78, 5) is 0. The molecule has 3 nitrogen and oxygen atoms in total. The van der Waals surface area contributed by atoms with E-state index in [0.717, 1.165) is 17.9 Å². The molecule has 0 bridgehead atoms. The van der Waals surface area contributed by atoms with Crippen LogP contribution in [0.15, 0.2) is 24.3 Å². The predicted molar refractivity (Wildman–Crippen MR) is 95.6 cm³/mol. The smallest absolute Gasteiger partial charge is 0.119 e. The number of aliphatic hydroxyl groups is 1. The van der Waals surface area contributed by atoms with Crippen LogP contribution in [0.4, 0.5) is 0 Å². The first kappa shape index (κ1) is 18.3.